The Morgan fingerprint density at radius 3 is 2.48 bits per heavy atom. The molecule has 1 N–H and O–H groups in total. The predicted octanol–water partition coefficient (Wildman–Crippen LogP) is 4.03. The van der Waals surface area contributed by atoms with Crippen LogP contribution in [0.4, 0.5) is 13.2 Å². The van der Waals surface area contributed by atoms with Crippen molar-refractivity contribution in [3.63, 3.8) is 0 Å². The fourth-order valence-corrected chi connectivity index (χ4v) is 6.22. The van der Waals surface area contributed by atoms with Gasteiger partial charge in [0, 0.05) is 49.6 Å². The first kappa shape index (κ1) is 30.0. The van der Waals surface area contributed by atoms with Crippen molar-refractivity contribution in [3.8, 4) is 11.1 Å². The minimum absolute atomic E-state index is 0.0464. The fourth-order valence-electron chi connectivity index (χ4n) is 5.21. The number of nitrogens with zero attached hydrogens (tertiary/aromatic N) is 3. The minimum atomic E-state index is -4.89. The summed E-state index contributed by atoms with van der Waals surface area (Å²) in [5.41, 5.74) is 3.51. The number of aromatic nitrogens is 1. The third kappa shape index (κ3) is 6.04. The number of alkyl halides is 3. The van der Waals surface area contributed by atoms with E-state index in [0.717, 1.165) is 29.1 Å². The van der Waals surface area contributed by atoms with Crippen LogP contribution in [0, 0.1) is 5.92 Å². The summed E-state index contributed by atoms with van der Waals surface area (Å²) in [6, 6.07) is 14.5. The highest BCUT2D eigenvalue weighted by Crippen LogP contribution is 2.38. The highest BCUT2D eigenvalue weighted by Gasteiger charge is 2.39. The largest absolute Gasteiger partial charge is 0.404 e. The molecule has 0 radical (unpaired) electrons. The minimum Gasteiger partial charge on any atom is -0.394 e. The quantitative estimate of drug-likeness (QED) is 0.475. The molecular weight excluding hydrogens is 547 g/mol. The smallest absolute Gasteiger partial charge is 0.394 e. The van der Waals surface area contributed by atoms with Crippen molar-refractivity contribution in [1.82, 2.24) is 13.8 Å². The zero-order valence-electron chi connectivity index (χ0n) is 22.9. The maximum atomic E-state index is 14.3. The molecule has 40 heavy (non-hydrogen) atoms. The van der Waals surface area contributed by atoms with Gasteiger partial charge in [-0.25, -0.2) is 12.7 Å². The first-order valence-electron chi connectivity index (χ1n) is 12.9. The molecule has 0 spiro atoms. The second-order valence-corrected chi connectivity index (χ2v) is 12.5. The molecule has 0 bridgehead atoms. The molecule has 0 unspecified atom stereocenters. The molecule has 0 aliphatic carbocycles. The van der Waals surface area contributed by atoms with Gasteiger partial charge < -0.3 is 19.3 Å². The van der Waals surface area contributed by atoms with E-state index in [1.54, 1.807) is 13.8 Å². The number of aryl methyl sites for hydroxylation is 1. The number of amides is 1. The number of sulfonamides is 1. The molecule has 0 saturated carbocycles. The lowest BCUT2D eigenvalue weighted by Crippen LogP contribution is -2.48. The number of aliphatic hydroxyl groups is 1. The van der Waals surface area contributed by atoms with E-state index < -0.39 is 40.0 Å². The number of likely N-dealkylation sites (N-methyl/N-ethyl adjacent to an activating group) is 1. The average Bonchev–Trinajstić information content (AvgIpc) is 3.18. The Balaban J connectivity index is 1.84. The van der Waals surface area contributed by atoms with Crippen LogP contribution < -0.4 is 0 Å². The number of aliphatic hydroxyl groups excluding tert-OH is 1. The molecular formula is C28H34F3N3O5S. The predicted molar refractivity (Wildman–Crippen MR) is 146 cm³/mol. The van der Waals surface area contributed by atoms with E-state index in [1.807, 2.05) is 60.1 Å². The third-order valence-corrected chi connectivity index (χ3v) is 9.27. The van der Waals surface area contributed by atoms with Crippen molar-refractivity contribution in [2.75, 3.05) is 32.5 Å². The molecule has 0 fully saturated rings. The molecule has 2 aromatic carbocycles. The number of fused-ring (bicyclic) bond motifs is 5. The Morgan fingerprint density at radius 1 is 1.15 bits per heavy atom. The number of para-hydroxylation sites is 1. The van der Waals surface area contributed by atoms with E-state index in [0.29, 0.717) is 15.6 Å². The summed E-state index contributed by atoms with van der Waals surface area (Å²) < 4.78 is 72.5. The van der Waals surface area contributed by atoms with Gasteiger partial charge in [0.2, 0.25) is 10.0 Å². The molecule has 3 aromatic rings. The molecule has 8 nitrogen and oxygen atoms in total. The molecule has 3 atom stereocenters. The number of benzene rings is 2. The van der Waals surface area contributed by atoms with Crippen molar-refractivity contribution in [2.24, 2.45) is 13.0 Å². The Kier molecular flexibility index (Phi) is 8.65. The van der Waals surface area contributed by atoms with Crippen molar-refractivity contribution in [1.29, 1.82) is 0 Å². The lowest BCUT2D eigenvalue weighted by Gasteiger charge is -2.35. The number of halogens is 3. The van der Waals surface area contributed by atoms with E-state index in [4.69, 9.17) is 4.74 Å². The molecule has 0 saturated heterocycles. The second kappa shape index (κ2) is 11.5. The number of ether oxygens (including phenoxy) is 1. The molecule has 1 aromatic heterocycles. The van der Waals surface area contributed by atoms with E-state index in [1.165, 1.54) is 4.90 Å². The van der Waals surface area contributed by atoms with Gasteiger partial charge >= 0.3 is 6.18 Å². The topological polar surface area (TPSA) is 92.1 Å². The summed E-state index contributed by atoms with van der Waals surface area (Å²) in [6.45, 7) is 2.93. The van der Waals surface area contributed by atoms with Crippen LogP contribution in [0.5, 0.6) is 0 Å². The number of hydrogen-bond donors (Lipinski definition) is 1. The van der Waals surface area contributed by atoms with Crippen LogP contribution in [0.25, 0.3) is 22.0 Å². The van der Waals surface area contributed by atoms with Gasteiger partial charge in [-0.15, -0.1) is 0 Å². The van der Waals surface area contributed by atoms with Crippen LogP contribution in [0.2, 0.25) is 0 Å². The highest BCUT2D eigenvalue weighted by molar-refractivity contribution is 7.89. The zero-order valence-corrected chi connectivity index (χ0v) is 23.7. The average molecular weight is 582 g/mol. The maximum absolute atomic E-state index is 14.3. The Labute approximate surface area is 232 Å². The van der Waals surface area contributed by atoms with Gasteiger partial charge in [-0.05, 0) is 24.1 Å². The SMILES string of the molecule is C[C@@H]1CN([C@H](C)CO)C(=O)c2c(c3ccccc3n2C)-c2ccccc2CO[C@@H]1CN(C)S(=O)(=O)CC(F)(F)F. The van der Waals surface area contributed by atoms with E-state index >= 15 is 0 Å². The number of rotatable bonds is 6. The number of carbonyl (C=O) groups is 1. The lowest BCUT2D eigenvalue weighted by molar-refractivity contribution is -0.107. The Morgan fingerprint density at radius 2 is 1.80 bits per heavy atom. The van der Waals surface area contributed by atoms with Gasteiger partial charge in [0.1, 0.15) is 5.69 Å². The van der Waals surface area contributed by atoms with Crippen LogP contribution in [0.3, 0.4) is 0 Å². The molecule has 2 heterocycles. The van der Waals surface area contributed by atoms with E-state index in [2.05, 4.69) is 0 Å². The summed E-state index contributed by atoms with van der Waals surface area (Å²) in [7, 11) is -1.74. The number of hydrogen-bond acceptors (Lipinski definition) is 5. The molecule has 1 amide bonds. The third-order valence-electron chi connectivity index (χ3n) is 7.48. The van der Waals surface area contributed by atoms with Crippen LogP contribution in [0.1, 0.15) is 29.9 Å². The maximum Gasteiger partial charge on any atom is 0.404 e. The summed E-state index contributed by atoms with van der Waals surface area (Å²) in [6.07, 6.45) is -5.73. The summed E-state index contributed by atoms with van der Waals surface area (Å²) in [4.78, 5) is 15.8. The van der Waals surface area contributed by atoms with Crippen molar-refractivity contribution >= 4 is 26.8 Å². The van der Waals surface area contributed by atoms with Crippen molar-refractivity contribution in [3.05, 3.63) is 59.8 Å². The van der Waals surface area contributed by atoms with Gasteiger partial charge in [-0.1, -0.05) is 49.4 Å². The monoisotopic (exact) mass is 581 g/mol. The Bertz CT molecular complexity index is 1490. The van der Waals surface area contributed by atoms with Crippen LogP contribution >= 0.6 is 0 Å². The molecule has 12 heteroatoms. The molecule has 1 aliphatic heterocycles. The number of carbonyl (C=O) groups excluding carboxylic acids is 1. The summed E-state index contributed by atoms with van der Waals surface area (Å²) >= 11 is 0. The fraction of sp³-hybridized carbons (Fsp3) is 0.464. The first-order chi connectivity index (χ1) is 18.7. The van der Waals surface area contributed by atoms with Gasteiger partial charge in [0.05, 0.1) is 25.4 Å². The zero-order chi connectivity index (χ0) is 29.4. The van der Waals surface area contributed by atoms with Crippen LogP contribution in [-0.4, -0.2) is 84.0 Å². The second-order valence-electron chi connectivity index (χ2n) is 10.4. The molecule has 218 valence electrons. The van der Waals surface area contributed by atoms with E-state index in [9.17, 15) is 31.5 Å². The highest BCUT2D eigenvalue weighted by atomic mass is 32.2. The van der Waals surface area contributed by atoms with Crippen molar-refractivity contribution < 1.29 is 36.2 Å². The lowest BCUT2D eigenvalue weighted by atomic mass is 9.96. The van der Waals surface area contributed by atoms with Gasteiger partial charge in [-0.2, -0.15) is 13.2 Å². The van der Waals surface area contributed by atoms with Gasteiger partial charge in [-0.3, -0.25) is 4.79 Å². The Hall–Kier alpha value is -2.93. The van der Waals surface area contributed by atoms with Gasteiger partial charge in [0.15, 0.2) is 5.75 Å². The standard InChI is InChI=1S/C28H34F3N3O5S/c1-18-13-34(19(2)15-35)27(36)26-25(22-11-7-8-12-23(22)33(26)4)21-10-6-5-9-20(21)16-39-24(18)14-32(3)40(37,38)17-28(29,30)31/h5-12,18-19,24,35H,13-17H2,1-4H3/t18-,19-,24-/m1/s1. The van der Waals surface area contributed by atoms with Gasteiger partial charge in [0.25, 0.3) is 5.91 Å². The van der Waals surface area contributed by atoms with E-state index in [-0.39, 0.29) is 32.2 Å². The van der Waals surface area contributed by atoms with Crippen LogP contribution in [-0.2, 0) is 28.4 Å². The normalized spacial score (nSPS) is 19.8. The first-order valence-corrected chi connectivity index (χ1v) is 14.6. The molecule has 4 rings (SSSR count). The summed E-state index contributed by atoms with van der Waals surface area (Å²) in [5.74, 6) is -2.80. The molecule has 1 aliphatic rings. The van der Waals surface area contributed by atoms with Crippen molar-refractivity contribution in [2.45, 2.75) is 38.8 Å². The van der Waals surface area contributed by atoms with Crippen LogP contribution in [0.15, 0.2) is 48.5 Å². The summed E-state index contributed by atoms with van der Waals surface area (Å²) in [5, 5.41) is 10.9.